The summed E-state index contributed by atoms with van der Waals surface area (Å²) in [7, 11) is -2.84. The predicted molar refractivity (Wildman–Crippen MR) is 207 cm³/mol. The molecule has 0 saturated heterocycles. The van der Waals surface area contributed by atoms with Crippen LogP contribution in [-0.4, -0.2) is 20.5 Å². The molecule has 0 saturated carbocycles. The number of carbonyl (C=O) groups is 2. The second kappa shape index (κ2) is 36.4. The van der Waals surface area contributed by atoms with Crippen LogP contribution in [0.25, 0.3) is 0 Å². The van der Waals surface area contributed by atoms with E-state index in [9.17, 15) is 9.59 Å². The Morgan fingerprint density at radius 1 is 0.319 bits per heavy atom. The van der Waals surface area contributed by atoms with E-state index >= 15 is 0 Å². The molecule has 0 aliphatic carbocycles. The summed E-state index contributed by atoms with van der Waals surface area (Å²) in [6, 6.07) is 1.44. The molecule has 0 bridgehead atoms. The van der Waals surface area contributed by atoms with Crippen molar-refractivity contribution in [2.24, 2.45) is 0 Å². The van der Waals surface area contributed by atoms with E-state index in [1.807, 2.05) is 0 Å². The number of hydrogen-bond acceptors (Lipinski definition) is 4. The Morgan fingerprint density at radius 2 is 0.532 bits per heavy atom. The predicted octanol–water partition coefficient (Wildman–Crippen LogP) is 14.9. The van der Waals surface area contributed by atoms with Crippen molar-refractivity contribution in [1.82, 2.24) is 0 Å². The van der Waals surface area contributed by atoms with E-state index in [1.165, 1.54) is 167 Å². The summed E-state index contributed by atoms with van der Waals surface area (Å²) < 4.78 is 12.2. The Balaban J connectivity index is 3.98. The van der Waals surface area contributed by atoms with Crippen molar-refractivity contribution < 1.29 is 18.4 Å². The zero-order valence-corrected chi connectivity index (χ0v) is 33.6. The van der Waals surface area contributed by atoms with E-state index in [-0.39, 0.29) is 11.9 Å². The Hall–Kier alpha value is -0.843. The van der Waals surface area contributed by atoms with Gasteiger partial charge in [0.25, 0.3) is 11.9 Å². The van der Waals surface area contributed by atoms with Gasteiger partial charge in [-0.15, -0.1) is 0 Å². The highest BCUT2D eigenvalue weighted by Gasteiger charge is 2.43. The molecule has 0 atom stereocenters. The topological polar surface area (TPSA) is 52.6 Å². The summed E-state index contributed by atoms with van der Waals surface area (Å²) in [6.07, 6.45) is 42.1. The largest absolute Gasteiger partial charge is 0.485 e. The van der Waals surface area contributed by atoms with Crippen molar-refractivity contribution in [3.63, 3.8) is 0 Å². The lowest BCUT2D eigenvalue weighted by Gasteiger charge is -2.29. The van der Waals surface area contributed by atoms with Crippen LogP contribution in [0.15, 0.2) is 0 Å². The van der Waals surface area contributed by atoms with Crippen LogP contribution in [0.3, 0.4) is 0 Å². The summed E-state index contributed by atoms with van der Waals surface area (Å²) in [6.45, 7) is 8.76. The van der Waals surface area contributed by atoms with Gasteiger partial charge in [-0.1, -0.05) is 220 Å². The second-order valence-corrected chi connectivity index (χ2v) is 18.0. The normalized spacial score (nSPS) is 11.7. The van der Waals surface area contributed by atoms with E-state index in [4.69, 9.17) is 8.85 Å². The molecule has 0 radical (unpaired) electrons. The monoisotopic (exact) mass is 681 g/mol. The smallest absolute Gasteiger partial charge is 0.464 e. The molecule has 0 aliphatic heterocycles. The SMILES string of the molecule is CCCCCCCCCCCCCCCCCC(=O)O[Si](CCC)(CCC)OC(=O)CCCCCCCCCCCCCCCCC. The first-order chi connectivity index (χ1) is 23.0. The summed E-state index contributed by atoms with van der Waals surface area (Å²) in [5, 5.41) is 0. The van der Waals surface area contributed by atoms with Crippen molar-refractivity contribution in [3.8, 4) is 0 Å². The third-order valence-corrected chi connectivity index (χ3v) is 13.6. The fourth-order valence-electron chi connectivity index (χ4n) is 6.91. The summed E-state index contributed by atoms with van der Waals surface area (Å²) in [4.78, 5) is 25.7. The van der Waals surface area contributed by atoms with Crippen LogP contribution in [0.2, 0.25) is 12.1 Å². The van der Waals surface area contributed by atoms with Crippen molar-refractivity contribution >= 4 is 20.5 Å². The molecular weight excluding hydrogens is 597 g/mol. The van der Waals surface area contributed by atoms with Crippen molar-refractivity contribution in [2.45, 2.75) is 258 Å². The first kappa shape index (κ1) is 46.2. The molecule has 0 aliphatic rings. The minimum absolute atomic E-state index is 0.145. The maximum atomic E-state index is 12.9. The number of carbonyl (C=O) groups excluding carboxylic acids is 2. The number of unbranched alkanes of at least 4 members (excludes halogenated alkanes) is 28. The molecule has 4 nitrogen and oxygen atoms in total. The van der Waals surface area contributed by atoms with Gasteiger partial charge in [-0.3, -0.25) is 9.59 Å². The maximum Gasteiger partial charge on any atom is 0.464 e. The van der Waals surface area contributed by atoms with Gasteiger partial charge < -0.3 is 8.85 Å². The zero-order chi connectivity index (χ0) is 34.5. The van der Waals surface area contributed by atoms with Crippen molar-refractivity contribution in [2.75, 3.05) is 0 Å². The molecule has 280 valence electrons. The van der Waals surface area contributed by atoms with Crippen LogP contribution in [0, 0.1) is 0 Å². The van der Waals surface area contributed by atoms with Gasteiger partial charge >= 0.3 is 8.56 Å². The molecule has 0 unspecified atom stereocenters. The molecule has 0 aromatic rings. The van der Waals surface area contributed by atoms with Crippen LogP contribution >= 0.6 is 0 Å². The summed E-state index contributed by atoms with van der Waals surface area (Å²) >= 11 is 0. The average Bonchev–Trinajstić information content (AvgIpc) is 3.05. The van der Waals surface area contributed by atoms with Gasteiger partial charge in [0, 0.05) is 24.9 Å². The minimum Gasteiger partial charge on any atom is -0.485 e. The molecule has 0 heterocycles. The van der Waals surface area contributed by atoms with Crippen LogP contribution in [-0.2, 0) is 18.4 Å². The quantitative estimate of drug-likeness (QED) is 0.0481. The molecule has 0 amide bonds. The van der Waals surface area contributed by atoms with Gasteiger partial charge in [0.05, 0.1) is 0 Å². The zero-order valence-electron chi connectivity index (χ0n) is 32.6. The molecule has 47 heavy (non-hydrogen) atoms. The Kier molecular flexibility index (Phi) is 35.8. The number of rotatable bonds is 38. The summed E-state index contributed by atoms with van der Waals surface area (Å²) in [5.41, 5.74) is 0. The fraction of sp³-hybridized carbons (Fsp3) is 0.952. The molecule has 0 rings (SSSR count). The highest BCUT2D eigenvalue weighted by Crippen LogP contribution is 2.26. The standard InChI is InChI=1S/C42H84O4Si/c1-5-9-11-13-15-17-19-21-23-25-27-29-31-33-35-37-41(43)45-47(39-7-3,40-8-4)46-42(44)38-36-34-32-30-28-26-24-22-20-18-16-14-12-10-6-2/h5-40H2,1-4H3. The first-order valence-electron chi connectivity index (χ1n) is 21.5. The van der Waals surface area contributed by atoms with E-state index in [2.05, 4.69) is 27.7 Å². The van der Waals surface area contributed by atoms with E-state index in [0.717, 1.165) is 50.6 Å². The van der Waals surface area contributed by atoms with Gasteiger partial charge in [0.2, 0.25) is 0 Å². The Labute approximate surface area is 296 Å². The van der Waals surface area contributed by atoms with E-state index in [1.54, 1.807) is 0 Å². The number of hydrogen-bond donors (Lipinski definition) is 0. The molecule has 0 N–H and O–H groups in total. The highest BCUT2D eigenvalue weighted by atomic mass is 28.4. The molecule has 0 aromatic carbocycles. The van der Waals surface area contributed by atoms with Gasteiger partial charge in [0.1, 0.15) is 0 Å². The van der Waals surface area contributed by atoms with E-state index in [0.29, 0.717) is 12.8 Å². The molecular formula is C42H84O4Si. The van der Waals surface area contributed by atoms with Gasteiger partial charge in [0.15, 0.2) is 0 Å². The molecule has 5 heteroatoms. The minimum atomic E-state index is -2.84. The van der Waals surface area contributed by atoms with Crippen molar-refractivity contribution in [3.05, 3.63) is 0 Å². The highest BCUT2D eigenvalue weighted by molar-refractivity contribution is 6.70. The fourth-order valence-corrected chi connectivity index (χ4v) is 10.2. The maximum absolute atomic E-state index is 12.9. The lowest BCUT2D eigenvalue weighted by atomic mass is 10.0. The van der Waals surface area contributed by atoms with Gasteiger partial charge in [-0.25, -0.2) is 0 Å². The third-order valence-electron chi connectivity index (χ3n) is 9.83. The molecule has 0 aromatic heterocycles. The first-order valence-corrected chi connectivity index (χ1v) is 23.7. The summed E-state index contributed by atoms with van der Waals surface area (Å²) in [5.74, 6) is -0.291. The van der Waals surface area contributed by atoms with Crippen LogP contribution in [0.4, 0.5) is 0 Å². The Morgan fingerprint density at radius 3 is 0.745 bits per heavy atom. The molecule has 0 spiro atoms. The van der Waals surface area contributed by atoms with Gasteiger partial charge in [-0.05, 0) is 12.8 Å². The second-order valence-electron chi connectivity index (χ2n) is 14.8. The van der Waals surface area contributed by atoms with Crippen molar-refractivity contribution in [1.29, 1.82) is 0 Å². The van der Waals surface area contributed by atoms with Crippen LogP contribution in [0.1, 0.15) is 246 Å². The average molecular weight is 681 g/mol. The Bertz CT molecular complexity index is 611. The molecule has 0 fully saturated rings. The van der Waals surface area contributed by atoms with Gasteiger partial charge in [-0.2, -0.15) is 0 Å². The van der Waals surface area contributed by atoms with E-state index < -0.39 is 8.56 Å². The lowest BCUT2D eigenvalue weighted by molar-refractivity contribution is -0.142. The lowest BCUT2D eigenvalue weighted by Crippen LogP contribution is -2.45. The van der Waals surface area contributed by atoms with Crippen LogP contribution < -0.4 is 0 Å². The third kappa shape index (κ3) is 32.1. The van der Waals surface area contributed by atoms with Crippen LogP contribution in [0.5, 0.6) is 0 Å².